The van der Waals surface area contributed by atoms with Gasteiger partial charge in [-0.1, -0.05) is 17.7 Å². The van der Waals surface area contributed by atoms with E-state index in [1.807, 2.05) is 13.8 Å². The van der Waals surface area contributed by atoms with Crippen molar-refractivity contribution in [2.75, 3.05) is 0 Å². The molecular weight excluding hydrogens is 160 g/mol. The van der Waals surface area contributed by atoms with Gasteiger partial charge >= 0.3 is 0 Å². The van der Waals surface area contributed by atoms with Gasteiger partial charge in [-0.05, 0) is 46.1 Å². The van der Waals surface area contributed by atoms with E-state index < -0.39 is 0 Å². The molecule has 0 N–H and O–H groups in total. The standard InChI is InChI=1S/C12H18O/c1-9-7-5-6-8-11(9)12(3,4)10(2)13/h7-8H,5-6H2,1-4H3. The van der Waals surface area contributed by atoms with E-state index in [-0.39, 0.29) is 11.2 Å². The smallest absolute Gasteiger partial charge is 0.139 e. The Morgan fingerprint density at radius 1 is 1.31 bits per heavy atom. The molecule has 1 heteroatoms. The minimum Gasteiger partial charge on any atom is -0.299 e. The molecule has 1 rings (SSSR count). The molecule has 13 heavy (non-hydrogen) atoms. The second-order valence-electron chi connectivity index (χ2n) is 4.26. The Morgan fingerprint density at radius 3 is 2.31 bits per heavy atom. The summed E-state index contributed by atoms with van der Waals surface area (Å²) in [4.78, 5) is 11.4. The molecule has 1 nitrogen and oxygen atoms in total. The van der Waals surface area contributed by atoms with Crippen LogP contribution in [0.2, 0.25) is 0 Å². The van der Waals surface area contributed by atoms with Crippen LogP contribution in [0.5, 0.6) is 0 Å². The summed E-state index contributed by atoms with van der Waals surface area (Å²) in [5.41, 5.74) is 2.18. The maximum Gasteiger partial charge on any atom is 0.139 e. The third-order valence-electron chi connectivity index (χ3n) is 2.94. The van der Waals surface area contributed by atoms with Crippen molar-refractivity contribution in [3.05, 3.63) is 23.3 Å². The highest BCUT2D eigenvalue weighted by molar-refractivity contribution is 5.86. The van der Waals surface area contributed by atoms with Gasteiger partial charge in [0.15, 0.2) is 0 Å². The van der Waals surface area contributed by atoms with Crippen LogP contribution < -0.4 is 0 Å². The highest BCUT2D eigenvalue weighted by Crippen LogP contribution is 2.35. The lowest BCUT2D eigenvalue weighted by atomic mass is 9.75. The highest BCUT2D eigenvalue weighted by atomic mass is 16.1. The van der Waals surface area contributed by atoms with Gasteiger partial charge in [0.1, 0.15) is 5.78 Å². The van der Waals surface area contributed by atoms with Crippen LogP contribution in [0.3, 0.4) is 0 Å². The van der Waals surface area contributed by atoms with Gasteiger partial charge in [0.25, 0.3) is 0 Å². The molecule has 0 fully saturated rings. The molecule has 1 aliphatic rings. The number of rotatable bonds is 2. The molecule has 0 amide bonds. The van der Waals surface area contributed by atoms with E-state index in [2.05, 4.69) is 19.1 Å². The quantitative estimate of drug-likeness (QED) is 0.634. The fourth-order valence-corrected chi connectivity index (χ4v) is 1.74. The molecule has 0 atom stereocenters. The summed E-state index contributed by atoms with van der Waals surface area (Å²) in [7, 11) is 0. The van der Waals surface area contributed by atoms with Gasteiger partial charge in [0.05, 0.1) is 0 Å². The van der Waals surface area contributed by atoms with Gasteiger partial charge < -0.3 is 0 Å². The molecule has 0 aromatic heterocycles. The number of hydrogen-bond donors (Lipinski definition) is 0. The van der Waals surface area contributed by atoms with Crippen LogP contribution in [0.25, 0.3) is 0 Å². The second kappa shape index (κ2) is 3.49. The summed E-state index contributed by atoms with van der Waals surface area (Å²) in [6, 6.07) is 0. The van der Waals surface area contributed by atoms with E-state index in [9.17, 15) is 4.79 Å². The monoisotopic (exact) mass is 178 g/mol. The molecule has 0 aromatic carbocycles. The number of allylic oxidation sites excluding steroid dienone is 4. The predicted molar refractivity (Wildman–Crippen MR) is 55.5 cm³/mol. The van der Waals surface area contributed by atoms with Crippen molar-refractivity contribution < 1.29 is 4.79 Å². The molecular formula is C12H18O. The summed E-state index contributed by atoms with van der Waals surface area (Å²) in [5.74, 6) is 0.244. The first-order valence-electron chi connectivity index (χ1n) is 4.85. The zero-order chi connectivity index (χ0) is 10.1. The highest BCUT2D eigenvalue weighted by Gasteiger charge is 2.29. The van der Waals surface area contributed by atoms with E-state index in [0.29, 0.717) is 0 Å². The van der Waals surface area contributed by atoms with Gasteiger partial charge in [-0.2, -0.15) is 0 Å². The van der Waals surface area contributed by atoms with Crippen LogP contribution in [0.4, 0.5) is 0 Å². The number of Topliss-reactive ketones (excluding diaryl/α,β-unsaturated/α-hetero) is 1. The van der Waals surface area contributed by atoms with Crippen LogP contribution in [0, 0.1) is 5.41 Å². The first-order valence-corrected chi connectivity index (χ1v) is 4.85. The Bertz CT molecular complexity index is 279. The summed E-state index contributed by atoms with van der Waals surface area (Å²) in [5, 5.41) is 0. The maximum atomic E-state index is 11.4. The fourth-order valence-electron chi connectivity index (χ4n) is 1.74. The summed E-state index contributed by atoms with van der Waals surface area (Å²) < 4.78 is 0. The van der Waals surface area contributed by atoms with Crippen LogP contribution >= 0.6 is 0 Å². The molecule has 0 aliphatic heterocycles. The van der Waals surface area contributed by atoms with Crippen LogP contribution in [-0.4, -0.2) is 5.78 Å². The van der Waals surface area contributed by atoms with Gasteiger partial charge in [0.2, 0.25) is 0 Å². The molecule has 0 saturated heterocycles. The summed E-state index contributed by atoms with van der Waals surface area (Å²) in [6.45, 7) is 7.77. The third kappa shape index (κ3) is 1.90. The molecule has 72 valence electrons. The Labute approximate surface area is 80.5 Å². The minimum absolute atomic E-state index is 0.244. The second-order valence-corrected chi connectivity index (χ2v) is 4.26. The lowest BCUT2D eigenvalue weighted by Crippen LogP contribution is -2.25. The van der Waals surface area contributed by atoms with Crippen LogP contribution in [-0.2, 0) is 4.79 Å². The van der Waals surface area contributed by atoms with Crippen molar-refractivity contribution in [3.8, 4) is 0 Å². The zero-order valence-electron chi connectivity index (χ0n) is 8.98. The van der Waals surface area contributed by atoms with Gasteiger partial charge in [0, 0.05) is 5.41 Å². The molecule has 0 unspecified atom stereocenters. The molecule has 0 saturated carbocycles. The van der Waals surface area contributed by atoms with Crippen LogP contribution in [0.15, 0.2) is 23.3 Å². The average molecular weight is 178 g/mol. The van der Waals surface area contributed by atoms with E-state index >= 15 is 0 Å². The zero-order valence-corrected chi connectivity index (χ0v) is 8.98. The molecule has 0 spiro atoms. The van der Waals surface area contributed by atoms with Crippen molar-refractivity contribution in [3.63, 3.8) is 0 Å². The van der Waals surface area contributed by atoms with Crippen molar-refractivity contribution in [2.45, 2.75) is 40.5 Å². The molecule has 0 radical (unpaired) electrons. The van der Waals surface area contributed by atoms with E-state index in [0.717, 1.165) is 12.8 Å². The summed E-state index contributed by atoms with van der Waals surface area (Å²) in [6.07, 6.45) is 6.61. The topological polar surface area (TPSA) is 17.1 Å². The summed E-state index contributed by atoms with van der Waals surface area (Å²) >= 11 is 0. The Morgan fingerprint density at radius 2 is 1.85 bits per heavy atom. The van der Waals surface area contributed by atoms with Crippen molar-refractivity contribution in [2.24, 2.45) is 5.41 Å². The van der Waals surface area contributed by atoms with Crippen molar-refractivity contribution in [1.82, 2.24) is 0 Å². The van der Waals surface area contributed by atoms with E-state index in [1.54, 1.807) is 6.92 Å². The number of hydrogen-bond acceptors (Lipinski definition) is 1. The Hall–Kier alpha value is -0.850. The lowest BCUT2D eigenvalue weighted by molar-refractivity contribution is -0.123. The number of ketones is 1. The van der Waals surface area contributed by atoms with Gasteiger partial charge in [-0.15, -0.1) is 0 Å². The molecule has 0 bridgehead atoms. The molecule has 0 aromatic rings. The normalized spacial score (nSPS) is 17.8. The van der Waals surface area contributed by atoms with Crippen molar-refractivity contribution in [1.29, 1.82) is 0 Å². The van der Waals surface area contributed by atoms with Crippen LogP contribution in [0.1, 0.15) is 40.5 Å². The molecule has 1 aliphatic carbocycles. The SMILES string of the molecule is CC(=O)C(C)(C)C1=CCCC=C1C. The number of carbonyl (C=O) groups is 1. The number of carbonyl (C=O) groups excluding carboxylic acids is 1. The van der Waals surface area contributed by atoms with E-state index in [4.69, 9.17) is 0 Å². The lowest BCUT2D eigenvalue weighted by Gasteiger charge is -2.28. The van der Waals surface area contributed by atoms with Gasteiger partial charge in [-0.25, -0.2) is 0 Å². The molecule has 0 heterocycles. The Kier molecular flexibility index (Phi) is 2.74. The maximum absolute atomic E-state index is 11.4. The minimum atomic E-state index is -0.305. The largest absolute Gasteiger partial charge is 0.299 e. The fraction of sp³-hybridized carbons (Fsp3) is 0.583. The van der Waals surface area contributed by atoms with E-state index in [1.165, 1.54) is 11.1 Å². The average Bonchev–Trinajstić information content (AvgIpc) is 2.04. The van der Waals surface area contributed by atoms with Crippen molar-refractivity contribution >= 4 is 5.78 Å². The first kappa shape index (κ1) is 10.2. The van der Waals surface area contributed by atoms with Gasteiger partial charge in [-0.3, -0.25) is 4.79 Å². The third-order valence-corrected chi connectivity index (χ3v) is 2.94. The first-order chi connectivity index (χ1) is 5.96. The Balaban J connectivity index is 3.00. The predicted octanol–water partition coefficient (Wildman–Crippen LogP) is 3.27.